The quantitative estimate of drug-likeness (QED) is 0.723. The van der Waals surface area contributed by atoms with Gasteiger partial charge in [0.2, 0.25) is 0 Å². The molecule has 0 aliphatic heterocycles. The molecule has 0 radical (unpaired) electrons. The average Bonchev–Trinajstić information content (AvgIpc) is 2.08. The summed E-state index contributed by atoms with van der Waals surface area (Å²) in [4.78, 5) is 0. The van der Waals surface area contributed by atoms with E-state index >= 15 is 0 Å². The average molecular weight is 178 g/mol. The summed E-state index contributed by atoms with van der Waals surface area (Å²) < 4.78 is 0. The summed E-state index contributed by atoms with van der Waals surface area (Å²) in [7, 11) is 0. The van der Waals surface area contributed by atoms with Crippen molar-refractivity contribution in [2.45, 2.75) is 32.9 Å². The maximum atomic E-state index is 5.98. The van der Waals surface area contributed by atoms with Gasteiger partial charge in [-0.25, -0.2) is 0 Å². The zero-order valence-corrected chi connectivity index (χ0v) is 8.54. The second-order valence-electron chi connectivity index (χ2n) is 3.67. The SMILES string of the molecule is Cc1cccc(C(N)C(C)N)c1C. The molecule has 1 aromatic carbocycles. The Bertz CT molecular complexity index is 292. The highest BCUT2D eigenvalue weighted by Crippen LogP contribution is 2.20. The lowest BCUT2D eigenvalue weighted by Crippen LogP contribution is -2.31. The molecule has 1 aromatic rings. The molecule has 0 bridgehead atoms. The van der Waals surface area contributed by atoms with Gasteiger partial charge in [0.1, 0.15) is 0 Å². The summed E-state index contributed by atoms with van der Waals surface area (Å²) in [6.45, 7) is 6.12. The van der Waals surface area contributed by atoms with E-state index in [1.54, 1.807) is 0 Å². The molecule has 0 fully saturated rings. The van der Waals surface area contributed by atoms with E-state index in [2.05, 4.69) is 26.0 Å². The fraction of sp³-hybridized carbons (Fsp3) is 0.455. The van der Waals surface area contributed by atoms with Gasteiger partial charge in [-0.2, -0.15) is 0 Å². The molecule has 2 heteroatoms. The molecule has 0 saturated carbocycles. The molecular weight excluding hydrogens is 160 g/mol. The van der Waals surface area contributed by atoms with Crippen LogP contribution in [0.5, 0.6) is 0 Å². The van der Waals surface area contributed by atoms with Crippen molar-refractivity contribution in [3.63, 3.8) is 0 Å². The van der Waals surface area contributed by atoms with Crippen molar-refractivity contribution in [1.29, 1.82) is 0 Å². The highest BCUT2D eigenvalue weighted by Gasteiger charge is 2.13. The molecule has 2 unspecified atom stereocenters. The summed E-state index contributed by atoms with van der Waals surface area (Å²) >= 11 is 0. The van der Waals surface area contributed by atoms with Crippen LogP contribution in [-0.2, 0) is 0 Å². The summed E-state index contributed by atoms with van der Waals surface area (Å²) in [6.07, 6.45) is 0. The van der Waals surface area contributed by atoms with E-state index in [-0.39, 0.29) is 12.1 Å². The molecule has 0 aliphatic carbocycles. The third kappa shape index (κ3) is 2.08. The molecule has 0 spiro atoms. The van der Waals surface area contributed by atoms with E-state index in [0.717, 1.165) is 5.56 Å². The van der Waals surface area contributed by atoms with Crippen molar-refractivity contribution in [3.05, 3.63) is 34.9 Å². The van der Waals surface area contributed by atoms with Crippen LogP contribution >= 0.6 is 0 Å². The van der Waals surface area contributed by atoms with Gasteiger partial charge in [0.25, 0.3) is 0 Å². The fourth-order valence-electron chi connectivity index (χ4n) is 1.42. The number of nitrogens with two attached hydrogens (primary N) is 2. The number of hydrogen-bond donors (Lipinski definition) is 2. The van der Waals surface area contributed by atoms with Gasteiger partial charge in [0, 0.05) is 12.1 Å². The van der Waals surface area contributed by atoms with E-state index < -0.39 is 0 Å². The topological polar surface area (TPSA) is 52.0 Å². The maximum absolute atomic E-state index is 5.98. The molecule has 2 atom stereocenters. The smallest absolute Gasteiger partial charge is 0.0448 e. The Labute approximate surface area is 79.9 Å². The molecule has 72 valence electrons. The first kappa shape index (κ1) is 10.2. The van der Waals surface area contributed by atoms with E-state index in [1.165, 1.54) is 11.1 Å². The van der Waals surface area contributed by atoms with E-state index in [0.29, 0.717) is 0 Å². The van der Waals surface area contributed by atoms with Crippen molar-refractivity contribution in [1.82, 2.24) is 0 Å². The molecule has 1 rings (SSSR count). The summed E-state index contributed by atoms with van der Waals surface area (Å²) in [5.74, 6) is 0. The van der Waals surface area contributed by atoms with Gasteiger partial charge >= 0.3 is 0 Å². The predicted molar refractivity (Wildman–Crippen MR) is 56.5 cm³/mol. The lowest BCUT2D eigenvalue weighted by atomic mass is 9.95. The van der Waals surface area contributed by atoms with Gasteiger partial charge in [-0.05, 0) is 37.5 Å². The van der Waals surface area contributed by atoms with Crippen molar-refractivity contribution in [3.8, 4) is 0 Å². The molecule has 0 aliphatic rings. The summed E-state index contributed by atoms with van der Waals surface area (Å²) in [5, 5.41) is 0. The fourth-order valence-corrected chi connectivity index (χ4v) is 1.42. The molecule has 4 N–H and O–H groups in total. The zero-order chi connectivity index (χ0) is 10.0. The van der Waals surface area contributed by atoms with E-state index in [4.69, 9.17) is 11.5 Å². The van der Waals surface area contributed by atoms with Gasteiger partial charge < -0.3 is 11.5 Å². The highest BCUT2D eigenvalue weighted by atomic mass is 14.8. The van der Waals surface area contributed by atoms with Gasteiger partial charge in [0.15, 0.2) is 0 Å². The van der Waals surface area contributed by atoms with Crippen molar-refractivity contribution in [2.75, 3.05) is 0 Å². The second-order valence-corrected chi connectivity index (χ2v) is 3.67. The van der Waals surface area contributed by atoms with Crippen LogP contribution in [0.3, 0.4) is 0 Å². The normalized spacial score (nSPS) is 15.5. The monoisotopic (exact) mass is 178 g/mol. The predicted octanol–water partition coefficient (Wildman–Crippen LogP) is 1.65. The number of rotatable bonds is 2. The van der Waals surface area contributed by atoms with Crippen LogP contribution in [0.2, 0.25) is 0 Å². The van der Waals surface area contributed by atoms with Crippen LogP contribution < -0.4 is 11.5 Å². The third-order valence-electron chi connectivity index (χ3n) is 2.57. The van der Waals surface area contributed by atoms with Crippen LogP contribution in [-0.4, -0.2) is 6.04 Å². The molecule has 0 heterocycles. The second kappa shape index (κ2) is 3.90. The van der Waals surface area contributed by atoms with E-state index in [9.17, 15) is 0 Å². The Kier molecular flexibility index (Phi) is 3.07. The van der Waals surface area contributed by atoms with E-state index in [1.807, 2.05) is 13.0 Å². The first-order valence-electron chi connectivity index (χ1n) is 4.61. The van der Waals surface area contributed by atoms with Gasteiger partial charge in [-0.3, -0.25) is 0 Å². The van der Waals surface area contributed by atoms with Crippen molar-refractivity contribution >= 4 is 0 Å². The van der Waals surface area contributed by atoms with Gasteiger partial charge in [-0.1, -0.05) is 18.2 Å². The first-order chi connectivity index (χ1) is 6.04. The minimum atomic E-state index is -0.0556. The molecular formula is C11H18N2. The molecule has 0 aromatic heterocycles. The Hall–Kier alpha value is -0.860. The largest absolute Gasteiger partial charge is 0.326 e. The summed E-state index contributed by atoms with van der Waals surface area (Å²) in [6, 6.07) is 6.11. The third-order valence-corrected chi connectivity index (χ3v) is 2.57. The van der Waals surface area contributed by atoms with Gasteiger partial charge in [0.05, 0.1) is 0 Å². The highest BCUT2D eigenvalue weighted by molar-refractivity contribution is 5.35. The number of benzene rings is 1. The minimum Gasteiger partial charge on any atom is -0.326 e. The first-order valence-corrected chi connectivity index (χ1v) is 4.61. The van der Waals surface area contributed by atoms with Crippen LogP contribution in [0.4, 0.5) is 0 Å². The number of aryl methyl sites for hydroxylation is 1. The van der Waals surface area contributed by atoms with Gasteiger partial charge in [-0.15, -0.1) is 0 Å². The lowest BCUT2D eigenvalue weighted by molar-refractivity contribution is 0.586. The Morgan fingerprint density at radius 1 is 1.15 bits per heavy atom. The Morgan fingerprint density at radius 2 is 1.77 bits per heavy atom. The molecule has 13 heavy (non-hydrogen) atoms. The standard InChI is InChI=1S/C11H18N2/c1-7-5-4-6-10(8(7)2)11(13)9(3)12/h4-6,9,11H,12-13H2,1-3H3. The molecule has 0 saturated heterocycles. The minimum absolute atomic E-state index is 0.000463. The van der Waals surface area contributed by atoms with Crippen molar-refractivity contribution < 1.29 is 0 Å². The molecule has 0 amide bonds. The zero-order valence-electron chi connectivity index (χ0n) is 8.54. The Morgan fingerprint density at radius 3 is 2.31 bits per heavy atom. The van der Waals surface area contributed by atoms with Crippen LogP contribution in [0.15, 0.2) is 18.2 Å². The van der Waals surface area contributed by atoms with Crippen LogP contribution in [0.1, 0.15) is 29.7 Å². The van der Waals surface area contributed by atoms with Crippen LogP contribution in [0.25, 0.3) is 0 Å². The lowest BCUT2D eigenvalue weighted by Gasteiger charge is -2.19. The number of hydrogen-bond acceptors (Lipinski definition) is 2. The molecule has 2 nitrogen and oxygen atoms in total. The van der Waals surface area contributed by atoms with Crippen molar-refractivity contribution in [2.24, 2.45) is 11.5 Å². The summed E-state index contributed by atoms with van der Waals surface area (Å²) in [5.41, 5.74) is 15.4. The van der Waals surface area contributed by atoms with Crippen LogP contribution in [0, 0.1) is 13.8 Å². The maximum Gasteiger partial charge on any atom is 0.0448 e. The Balaban J connectivity index is 3.07.